The van der Waals surface area contributed by atoms with Crippen molar-refractivity contribution in [1.29, 1.82) is 0 Å². The molecule has 0 aromatic rings. The van der Waals surface area contributed by atoms with E-state index in [0.29, 0.717) is 5.41 Å². The normalized spacial score (nSPS) is 14.1. The number of nitrogens with one attached hydrogen (secondary N) is 1. The van der Waals surface area contributed by atoms with E-state index in [1.807, 2.05) is 0 Å². The molecule has 0 heterocycles. The van der Waals surface area contributed by atoms with E-state index in [-0.39, 0.29) is 38.8 Å². The maximum absolute atomic E-state index is 7.48. The van der Waals surface area contributed by atoms with Gasteiger partial charge in [-0.3, -0.25) is 0 Å². The Labute approximate surface area is 90.0 Å². The van der Waals surface area contributed by atoms with E-state index in [4.69, 9.17) is 5.73 Å². The van der Waals surface area contributed by atoms with Crippen LogP contribution in [-0.4, -0.2) is 6.04 Å². The zero-order chi connectivity index (χ0) is 7.49. The third-order valence-electron chi connectivity index (χ3n) is 1.35. The fourth-order valence-electron chi connectivity index (χ4n) is 0.884. The zero-order valence-corrected chi connectivity index (χ0v) is 10.4. The summed E-state index contributed by atoms with van der Waals surface area (Å²) in [5.74, 6) is 0. The average Bonchev–Trinajstić information content (AvgIpc) is 1.62. The molecule has 0 aliphatic rings. The molecule has 0 unspecified atom stereocenters. The molecule has 0 fully saturated rings. The van der Waals surface area contributed by atoms with Gasteiger partial charge in [0.25, 0.3) is 0 Å². The Bertz CT molecular complexity index is 75.8. The standard InChI is InChI=1S/C8H18N.Y/c1-5-7(9)6-8(2,3)4;/h7,9H,5-6H2,1-4H3;/q-1;/t7-;/m1./s1. The van der Waals surface area contributed by atoms with Crippen LogP contribution in [0.2, 0.25) is 0 Å². The van der Waals surface area contributed by atoms with Crippen LogP contribution in [0.4, 0.5) is 0 Å². The van der Waals surface area contributed by atoms with E-state index >= 15 is 0 Å². The van der Waals surface area contributed by atoms with Gasteiger partial charge in [-0.25, -0.2) is 0 Å². The molecule has 0 aliphatic heterocycles. The van der Waals surface area contributed by atoms with Crippen molar-refractivity contribution in [2.45, 2.75) is 46.6 Å². The molecule has 0 saturated heterocycles. The van der Waals surface area contributed by atoms with Gasteiger partial charge in [-0.1, -0.05) is 40.5 Å². The number of hydrogen-bond acceptors (Lipinski definition) is 0. The molecule has 0 rings (SSSR count). The van der Waals surface area contributed by atoms with E-state index in [2.05, 4.69) is 27.7 Å². The van der Waals surface area contributed by atoms with Crippen LogP contribution in [0.15, 0.2) is 0 Å². The van der Waals surface area contributed by atoms with Crippen molar-refractivity contribution in [3.05, 3.63) is 5.73 Å². The molecule has 0 aliphatic carbocycles. The zero-order valence-electron chi connectivity index (χ0n) is 7.57. The molecule has 1 atom stereocenters. The molecule has 0 saturated carbocycles. The number of hydrogen-bond donors (Lipinski definition) is 0. The predicted molar refractivity (Wildman–Crippen MR) is 42.5 cm³/mol. The van der Waals surface area contributed by atoms with Gasteiger partial charge in [0.15, 0.2) is 0 Å². The molecule has 0 aromatic heterocycles. The monoisotopic (exact) mass is 217 g/mol. The Morgan fingerprint density at radius 2 is 1.70 bits per heavy atom. The fraction of sp³-hybridized carbons (Fsp3) is 1.00. The van der Waals surface area contributed by atoms with Gasteiger partial charge in [0.05, 0.1) is 0 Å². The first-order chi connectivity index (χ1) is 3.95. The third-order valence-corrected chi connectivity index (χ3v) is 1.35. The molecule has 1 N–H and O–H groups in total. The summed E-state index contributed by atoms with van der Waals surface area (Å²) >= 11 is 0. The first-order valence-corrected chi connectivity index (χ1v) is 3.67. The summed E-state index contributed by atoms with van der Waals surface area (Å²) in [6.07, 6.45) is 2.00. The summed E-state index contributed by atoms with van der Waals surface area (Å²) < 4.78 is 0. The maximum Gasteiger partial charge on any atom is 0 e. The smallest absolute Gasteiger partial charge is 0 e. The second-order valence-electron chi connectivity index (χ2n) is 3.87. The van der Waals surface area contributed by atoms with Gasteiger partial charge in [0.2, 0.25) is 0 Å². The van der Waals surface area contributed by atoms with E-state index in [9.17, 15) is 0 Å². The van der Waals surface area contributed by atoms with Crippen molar-refractivity contribution < 1.29 is 32.7 Å². The minimum absolute atomic E-state index is 0. The van der Waals surface area contributed by atoms with E-state index < -0.39 is 0 Å². The maximum atomic E-state index is 7.48. The van der Waals surface area contributed by atoms with Gasteiger partial charge in [-0.2, -0.15) is 0 Å². The van der Waals surface area contributed by atoms with Crippen LogP contribution in [0.25, 0.3) is 5.73 Å². The third kappa shape index (κ3) is 9.06. The Hall–Kier alpha value is 1.06. The largest absolute Gasteiger partial charge is 0.675 e. The summed E-state index contributed by atoms with van der Waals surface area (Å²) in [6, 6.07) is 0.144. The second-order valence-corrected chi connectivity index (χ2v) is 3.87. The molecular weight excluding hydrogens is 199 g/mol. The van der Waals surface area contributed by atoms with Gasteiger partial charge in [0.1, 0.15) is 0 Å². The van der Waals surface area contributed by atoms with Crippen LogP contribution in [-0.2, 0) is 32.7 Å². The Balaban J connectivity index is 0. The Morgan fingerprint density at radius 1 is 1.30 bits per heavy atom. The SMILES string of the molecule is CC[C@@H]([NH-])CC(C)(C)C.[Y]. The van der Waals surface area contributed by atoms with Crippen molar-refractivity contribution in [2.24, 2.45) is 5.41 Å². The van der Waals surface area contributed by atoms with Crippen molar-refractivity contribution in [1.82, 2.24) is 0 Å². The second kappa shape index (κ2) is 5.68. The summed E-state index contributed by atoms with van der Waals surface area (Å²) in [7, 11) is 0. The van der Waals surface area contributed by atoms with Crippen LogP contribution in [0.1, 0.15) is 40.5 Å². The van der Waals surface area contributed by atoms with Crippen LogP contribution in [0.5, 0.6) is 0 Å². The number of rotatable bonds is 2. The van der Waals surface area contributed by atoms with E-state index in [1.165, 1.54) is 0 Å². The molecular formula is C8H18NY-. The molecule has 59 valence electrons. The molecule has 1 nitrogen and oxygen atoms in total. The van der Waals surface area contributed by atoms with Gasteiger partial charge in [-0.15, -0.1) is 6.04 Å². The van der Waals surface area contributed by atoms with Crippen LogP contribution in [0.3, 0.4) is 0 Å². The molecule has 0 aromatic carbocycles. The molecule has 2 heteroatoms. The van der Waals surface area contributed by atoms with Crippen molar-refractivity contribution in [3.63, 3.8) is 0 Å². The molecule has 10 heavy (non-hydrogen) atoms. The van der Waals surface area contributed by atoms with Gasteiger partial charge in [-0.05, 0) is 5.41 Å². The summed E-state index contributed by atoms with van der Waals surface area (Å²) in [6.45, 7) is 8.63. The van der Waals surface area contributed by atoms with Gasteiger partial charge >= 0.3 is 0 Å². The predicted octanol–water partition coefficient (Wildman–Crippen LogP) is 3.25. The molecule has 1 radical (unpaired) electrons. The van der Waals surface area contributed by atoms with Gasteiger partial charge in [0, 0.05) is 32.7 Å². The van der Waals surface area contributed by atoms with E-state index in [0.717, 1.165) is 12.8 Å². The fourth-order valence-corrected chi connectivity index (χ4v) is 0.884. The molecule has 0 bridgehead atoms. The van der Waals surface area contributed by atoms with Crippen molar-refractivity contribution in [2.75, 3.05) is 0 Å². The average molecular weight is 217 g/mol. The van der Waals surface area contributed by atoms with Gasteiger partial charge < -0.3 is 5.73 Å². The topological polar surface area (TPSA) is 23.8 Å². The van der Waals surface area contributed by atoms with Crippen LogP contribution in [0, 0.1) is 5.41 Å². The van der Waals surface area contributed by atoms with Crippen molar-refractivity contribution >= 4 is 0 Å². The Kier molecular flexibility index (Phi) is 7.75. The summed E-state index contributed by atoms with van der Waals surface area (Å²) in [5, 5.41) is 0. The first-order valence-electron chi connectivity index (χ1n) is 3.67. The van der Waals surface area contributed by atoms with Crippen molar-refractivity contribution in [3.8, 4) is 0 Å². The molecule has 0 amide bonds. The quantitative estimate of drug-likeness (QED) is 0.678. The summed E-state index contributed by atoms with van der Waals surface area (Å²) in [5.41, 5.74) is 7.81. The van der Waals surface area contributed by atoms with Crippen LogP contribution >= 0.6 is 0 Å². The Morgan fingerprint density at radius 3 is 1.80 bits per heavy atom. The first kappa shape index (κ1) is 13.6. The summed E-state index contributed by atoms with van der Waals surface area (Å²) in [4.78, 5) is 0. The van der Waals surface area contributed by atoms with E-state index in [1.54, 1.807) is 0 Å². The van der Waals surface area contributed by atoms with Crippen LogP contribution < -0.4 is 0 Å². The minimum atomic E-state index is 0. The minimum Gasteiger partial charge on any atom is -0.675 e. The molecule has 0 spiro atoms.